The zero-order valence-corrected chi connectivity index (χ0v) is 13.8. The quantitative estimate of drug-likeness (QED) is 0.791. The van der Waals surface area contributed by atoms with E-state index >= 15 is 0 Å². The molecule has 0 saturated heterocycles. The van der Waals surface area contributed by atoms with Crippen LogP contribution in [0.5, 0.6) is 0 Å². The second-order valence-corrected chi connectivity index (χ2v) is 7.62. The summed E-state index contributed by atoms with van der Waals surface area (Å²) in [5.41, 5.74) is 1.06. The second-order valence-electron chi connectivity index (χ2n) is 5.90. The van der Waals surface area contributed by atoms with Crippen molar-refractivity contribution in [2.45, 2.75) is 64.3 Å². The number of aryl methyl sites for hydroxylation is 1. The van der Waals surface area contributed by atoms with Crippen LogP contribution in [0.25, 0.3) is 0 Å². The van der Waals surface area contributed by atoms with Gasteiger partial charge in [-0.1, -0.05) is 51.3 Å². The molecule has 0 aromatic heterocycles. The van der Waals surface area contributed by atoms with E-state index in [0.717, 1.165) is 31.2 Å². The molecule has 4 heteroatoms. The van der Waals surface area contributed by atoms with E-state index in [1.807, 2.05) is 19.1 Å². The molecular weight excluding hydrogens is 270 g/mol. The number of hydrogen-bond donors (Lipinski definition) is 1. The maximum Gasteiger partial charge on any atom is 0.240 e. The van der Waals surface area contributed by atoms with Crippen molar-refractivity contribution in [2.75, 3.05) is 0 Å². The smallest absolute Gasteiger partial charge is 0.208 e. The Morgan fingerprint density at radius 1 is 1.15 bits per heavy atom. The molecule has 0 aliphatic rings. The van der Waals surface area contributed by atoms with Crippen molar-refractivity contribution in [3.05, 3.63) is 29.8 Å². The van der Waals surface area contributed by atoms with Gasteiger partial charge >= 0.3 is 0 Å². The van der Waals surface area contributed by atoms with Crippen LogP contribution in [0, 0.1) is 12.8 Å². The molecule has 1 N–H and O–H groups in total. The van der Waals surface area contributed by atoms with E-state index in [9.17, 15) is 8.42 Å². The first-order valence-electron chi connectivity index (χ1n) is 7.44. The molecule has 1 rings (SSSR count). The van der Waals surface area contributed by atoms with Crippen molar-refractivity contribution < 1.29 is 8.42 Å². The Morgan fingerprint density at radius 3 is 2.25 bits per heavy atom. The molecule has 0 amide bonds. The molecule has 1 atom stereocenters. The first-order chi connectivity index (χ1) is 9.35. The van der Waals surface area contributed by atoms with Gasteiger partial charge in [-0.15, -0.1) is 0 Å². The lowest BCUT2D eigenvalue weighted by atomic mass is 10.0. The van der Waals surface area contributed by atoms with Crippen molar-refractivity contribution in [3.63, 3.8) is 0 Å². The van der Waals surface area contributed by atoms with Gasteiger partial charge in [0.15, 0.2) is 0 Å². The van der Waals surface area contributed by atoms with Gasteiger partial charge in [0, 0.05) is 6.04 Å². The van der Waals surface area contributed by atoms with Crippen LogP contribution in [0.2, 0.25) is 0 Å². The highest BCUT2D eigenvalue weighted by atomic mass is 32.2. The third-order valence-electron chi connectivity index (χ3n) is 3.32. The number of rotatable bonds is 8. The molecule has 3 nitrogen and oxygen atoms in total. The van der Waals surface area contributed by atoms with Gasteiger partial charge in [-0.25, -0.2) is 13.1 Å². The molecule has 1 aromatic carbocycles. The molecule has 0 saturated carbocycles. The monoisotopic (exact) mass is 297 g/mol. The minimum atomic E-state index is -3.40. The highest BCUT2D eigenvalue weighted by molar-refractivity contribution is 7.89. The Morgan fingerprint density at radius 2 is 1.75 bits per heavy atom. The van der Waals surface area contributed by atoms with Gasteiger partial charge in [-0.2, -0.15) is 0 Å². The van der Waals surface area contributed by atoms with Crippen LogP contribution in [0.3, 0.4) is 0 Å². The topological polar surface area (TPSA) is 46.2 Å². The summed E-state index contributed by atoms with van der Waals surface area (Å²) < 4.78 is 27.6. The average Bonchev–Trinajstić information content (AvgIpc) is 2.35. The van der Waals surface area contributed by atoms with Crippen LogP contribution >= 0.6 is 0 Å². The van der Waals surface area contributed by atoms with Crippen molar-refractivity contribution >= 4 is 10.0 Å². The summed E-state index contributed by atoms with van der Waals surface area (Å²) in [6.07, 6.45) is 3.92. The second kappa shape index (κ2) is 7.79. The van der Waals surface area contributed by atoms with Crippen LogP contribution in [0.15, 0.2) is 29.2 Å². The molecule has 0 bridgehead atoms. The van der Waals surface area contributed by atoms with Crippen LogP contribution in [-0.4, -0.2) is 14.5 Å². The summed E-state index contributed by atoms with van der Waals surface area (Å²) in [4.78, 5) is 0.355. The molecule has 0 spiro atoms. The fourth-order valence-corrected chi connectivity index (χ4v) is 3.53. The standard InChI is InChI=1S/C16H27NO2S/c1-5-6-7-15(12-13(2)3)17-20(18,19)16-10-8-14(4)9-11-16/h8-11,13,15,17H,5-7,12H2,1-4H3. The summed E-state index contributed by atoms with van der Waals surface area (Å²) in [7, 11) is -3.40. The average molecular weight is 297 g/mol. The number of benzene rings is 1. The summed E-state index contributed by atoms with van der Waals surface area (Å²) in [6.45, 7) is 8.33. The molecule has 0 radical (unpaired) electrons. The number of nitrogens with one attached hydrogen (secondary N) is 1. The predicted octanol–water partition coefficient (Wildman–Crippen LogP) is 3.88. The first-order valence-corrected chi connectivity index (χ1v) is 8.92. The van der Waals surface area contributed by atoms with E-state index in [4.69, 9.17) is 0 Å². The number of hydrogen-bond acceptors (Lipinski definition) is 2. The molecule has 0 aliphatic heterocycles. The lowest BCUT2D eigenvalue weighted by Crippen LogP contribution is -2.35. The minimum absolute atomic E-state index is 0.0289. The van der Waals surface area contributed by atoms with E-state index in [2.05, 4.69) is 25.5 Å². The molecule has 114 valence electrons. The zero-order valence-electron chi connectivity index (χ0n) is 13.0. The van der Waals surface area contributed by atoms with Crippen LogP contribution in [0.4, 0.5) is 0 Å². The highest BCUT2D eigenvalue weighted by Gasteiger charge is 2.20. The Kier molecular flexibility index (Phi) is 6.69. The largest absolute Gasteiger partial charge is 0.240 e. The summed E-state index contributed by atoms with van der Waals surface area (Å²) in [5, 5.41) is 0. The normalized spacial score (nSPS) is 13.7. The molecule has 0 fully saturated rings. The van der Waals surface area contributed by atoms with Crippen molar-refractivity contribution in [3.8, 4) is 0 Å². The maximum absolute atomic E-state index is 12.4. The molecular formula is C16H27NO2S. The van der Waals surface area contributed by atoms with Crippen LogP contribution < -0.4 is 4.72 Å². The Bertz CT molecular complexity index is 492. The lowest BCUT2D eigenvalue weighted by molar-refractivity contribution is 0.429. The summed E-state index contributed by atoms with van der Waals surface area (Å²) in [6, 6.07) is 7.03. The maximum atomic E-state index is 12.4. The van der Waals surface area contributed by atoms with Gasteiger partial charge in [-0.3, -0.25) is 0 Å². The summed E-state index contributed by atoms with van der Waals surface area (Å²) in [5.74, 6) is 0.484. The van der Waals surface area contributed by atoms with Gasteiger partial charge in [-0.05, 0) is 37.8 Å². The summed E-state index contributed by atoms with van der Waals surface area (Å²) >= 11 is 0. The van der Waals surface area contributed by atoms with Crippen molar-refractivity contribution in [1.29, 1.82) is 0 Å². The van der Waals surface area contributed by atoms with Crippen molar-refractivity contribution in [1.82, 2.24) is 4.72 Å². The fourth-order valence-electron chi connectivity index (χ4n) is 2.25. The van der Waals surface area contributed by atoms with Gasteiger partial charge in [0.2, 0.25) is 10.0 Å². The molecule has 0 aliphatic carbocycles. The molecule has 0 heterocycles. The Balaban J connectivity index is 2.81. The first kappa shape index (κ1) is 17.2. The lowest BCUT2D eigenvalue weighted by Gasteiger charge is -2.20. The van der Waals surface area contributed by atoms with E-state index < -0.39 is 10.0 Å². The van der Waals surface area contributed by atoms with Crippen LogP contribution in [0.1, 0.15) is 52.0 Å². The SMILES string of the molecule is CCCCC(CC(C)C)NS(=O)(=O)c1ccc(C)cc1. The van der Waals surface area contributed by atoms with E-state index in [0.29, 0.717) is 10.8 Å². The predicted molar refractivity (Wildman–Crippen MR) is 84.3 cm³/mol. The van der Waals surface area contributed by atoms with Crippen molar-refractivity contribution in [2.24, 2.45) is 5.92 Å². The Labute approximate surface area is 123 Å². The highest BCUT2D eigenvalue weighted by Crippen LogP contribution is 2.16. The van der Waals surface area contributed by atoms with Crippen LogP contribution in [-0.2, 0) is 10.0 Å². The Hall–Kier alpha value is -0.870. The third-order valence-corrected chi connectivity index (χ3v) is 4.85. The van der Waals surface area contributed by atoms with Gasteiger partial charge in [0.1, 0.15) is 0 Å². The van der Waals surface area contributed by atoms with Gasteiger partial charge in [0.05, 0.1) is 4.90 Å². The zero-order chi connectivity index (χ0) is 15.2. The van der Waals surface area contributed by atoms with E-state index in [1.54, 1.807) is 12.1 Å². The van der Waals surface area contributed by atoms with Gasteiger partial charge in [0.25, 0.3) is 0 Å². The number of sulfonamides is 1. The molecule has 20 heavy (non-hydrogen) atoms. The minimum Gasteiger partial charge on any atom is -0.208 e. The molecule has 1 aromatic rings. The van der Waals surface area contributed by atoms with Gasteiger partial charge < -0.3 is 0 Å². The fraction of sp³-hybridized carbons (Fsp3) is 0.625. The van der Waals surface area contributed by atoms with E-state index in [-0.39, 0.29) is 6.04 Å². The van der Waals surface area contributed by atoms with E-state index in [1.165, 1.54) is 0 Å². The third kappa shape index (κ3) is 5.63. The number of unbranched alkanes of at least 4 members (excludes halogenated alkanes) is 1. The molecule has 1 unspecified atom stereocenters.